The van der Waals surface area contributed by atoms with Crippen LogP contribution in [-0.2, 0) is 14.3 Å². The maximum absolute atomic E-state index is 12.5. The molecule has 19 heavy (non-hydrogen) atoms. The molecule has 2 aliphatic rings. The number of carboxylic acid groups (broad SMARTS) is 1. The third kappa shape index (κ3) is 2.90. The molecule has 2 saturated heterocycles. The lowest BCUT2D eigenvalue weighted by atomic mass is 9.90. The standard InChI is InChI=1S/C13H22N2O4/c1-8-5-9(13(17)18)3-4-15(8)12(16)10-6-19-7-11(10)14-2/h8-11,14H,3-7H2,1-2H3,(H,17,18). The van der Waals surface area contributed by atoms with Crippen molar-refractivity contribution in [3.63, 3.8) is 0 Å². The summed E-state index contributed by atoms with van der Waals surface area (Å²) in [4.78, 5) is 25.3. The Kier molecular flexibility index (Phi) is 4.42. The fourth-order valence-corrected chi connectivity index (χ4v) is 3.02. The zero-order valence-electron chi connectivity index (χ0n) is 11.5. The molecule has 0 spiro atoms. The van der Waals surface area contributed by atoms with Crippen molar-refractivity contribution in [1.29, 1.82) is 0 Å². The third-order valence-corrected chi connectivity index (χ3v) is 4.28. The molecule has 2 aliphatic heterocycles. The minimum atomic E-state index is -0.753. The second kappa shape index (κ2) is 5.88. The normalized spacial score (nSPS) is 35.4. The summed E-state index contributed by atoms with van der Waals surface area (Å²) in [5.41, 5.74) is 0. The SMILES string of the molecule is CNC1COCC1C(=O)N1CCC(C(=O)O)CC1C. The van der Waals surface area contributed by atoms with Gasteiger partial charge in [0.2, 0.25) is 5.91 Å². The highest BCUT2D eigenvalue weighted by atomic mass is 16.5. The lowest BCUT2D eigenvalue weighted by molar-refractivity contribution is -0.149. The molecule has 2 fully saturated rings. The van der Waals surface area contributed by atoms with E-state index >= 15 is 0 Å². The highest BCUT2D eigenvalue weighted by molar-refractivity contribution is 5.81. The number of likely N-dealkylation sites (tertiary alicyclic amines) is 1. The highest BCUT2D eigenvalue weighted by Crippen LogP contribution is 2.26. The van der Waals surface area contributed by atoms with E-state index in [4.69, 9.17) is 9.84 Å². The molecule has 108 valence electrons. The van der Waals surface area contributed by atoms with E-state index in [-0.39, 0.29) is 29.8 Å². The fourth-order valence-electron chi connectivity index (χ4n) is 3.02. The van der Waals surface area contributed by atoms with Gasteiger partial charge in [-0.2, -0.15) is 0 Å². The van der Waals surface area contributed by atoms with E-state index in [1.165, 1.54) is 0 Å². The quantitative estimate of drug-likeness (QED) is 0.750. The number of hydrogen-bond acceptors (Lipinski definition) is 4. The molecule has 1 amide bonds. The molecule has 4 atom stereocenters. The smallest absolute Gasteiger partial charge is 0.306 e. The van der Waals surface area contributed by atoms with Crippen molar-refractivity contribution in [2.75, 3.05) is 26.8 Å². The first-order valence-electron chi connectivity index (χ1n) is 6.83. The monoisotopic (exact) mass is 270 g/mol. The molecule has 6 nitrogen and oxygen atoms in total. The molecule has 4 unspecified atom stereocenters. The predicted octanol–water partition coefficient (Wildman–Crippen LogP) is -0.0675. The van der Waals surface area contributed by atoms with Crippen LogP contribution >= 0.6 is 0 Å². The van der Waals surface area contributed by atoms with Crippen LogP contribution in [0.1, 0.15) is 19.8 Å². The number of carbonyl (C=O) groups is 2. The van der Waals surface area contributed by atoms with E-state index in [1.807, 2.05) is 18.9 Å². The van der Waals surface area contributed by atoms with Crippen molar-refractivity contribution >= 4 is 11.9 Å². The maximum Gasteiger partial charge on any atom is 0.306 e. The van der Waals surface area contributed by atoms with Gasteiger partial charge in [-0.1, -0.05) is 0 Å². The van der Waals surface area contributed by atoms with Gasteiger partial charge in [-0.05, 0) is 26.8 Å². The summed E-state index contributed by atoms with van der Waals surface area (Å²) in [5.74, 6) is -1.13. The van der Waals surface area contributed by atoms with Gasteiger partial charge in [0.05, 0.1) is 25.0 Å². The summed E-state index contributed by atoms with van der Waals surface area (Å²) < 4.78 is 5.36. The Hall–Kier alpha value is -1.14. The zero-order valence-corrected chi connectivity index (χ0v) is 11.5. The van der Waals surface area contributed by atoms with E-state index in [9.17, 15) is 9.59 Å². The van der Waals surface area contributed by atoms with E-state index in [1.54, 1.807) is 0 Å². The van der Waals surface area contributed by atoms with Crippen molar-refractivity contribution in [2.24, 2.45) is 11.8 Å². The van der Waals surface area contributed by atoms with E-state index in [0.29, 0.717) is 32.6 Å². The molecular formula is C13H22N2O4. The van der Waals surface area contributed by atoms with Crippen LogP contribution in [0, 0.1) is 11.8 Å². The van der Waals surface area contributed by atoms with Gasteiger partial charge >= 0.3 is 5.97 Å². The van der Waals surface area contributed by atoms with Gasteiger partial charge in [0, 0.05) is 18.6 Å². The topological polar surface area (TPSA) is 78.9 Å². The van der Waals surface area contributed by atoms with Gasteiger partial charge in [-0.3, -0.25) is 9.59 Å². The number of amides is 1. The Balaban J connectivity index is 1.98. The number of ether oxygens (including phenoxy) is 1. The first kappa shape index (κ1) is 14.3. The molecular weight excluding hydrogens is 248 g/mol. The molecule has 0 bridgehead atoms. The Labute approximate surface area is 113 Å². The predicted molar refractivity (Wildman–Crippen MR) is 68.7 cm³/mol. The van der Waals surface area contributed by atoms with Crippen LogP contribution in [0.25, 0.3) is 0 Å². The van der Waals surface area contributed by atoms with E-state index < -0.39 is 5.97 Å². The molecule has 2 heterocycles. The summed E-state index contributed by atoms with van der Waals surface area (Å²) in [6.45, 7) is 3.48. The second-order valence-corrected chi connectivity index (χ2v) is 5.48. The largest absolute Gasteiger partial charge is 0.481 e. The lowest BCUT2D eigenvalue weighted by Gasteiger charge is -2.38. The number of nitrogens with one attached hydrogen (secondary N) is 1. The van der Waals surface area contributed by atoms with Crippen molar-refractivity contribution in [1.82, 2.24) is 10.2 Å². The lowest BCUT2D eigenvalue weighted by Crippen LogP contribution is -2.51. The van der Waals surface area contributed by atoms with Gasteiger partial charge in [-0.15, -0.1) is 0 Å². The van der Waals surface area contributed by atoms with E-state index in [2.05, 4.69) is 5.32 Å². The Bertz CT molecular complexity index is 361. The number of likely N-dealkylation sites (N-methyl/N-ethyl adjacent to an activating group) is 1. The molecule has 2 N–H and O–H groups in total. The van der Waals surface area contributed by atoms with Gasteiger partial charge in [0.25, 0.3) is 0 Å². The van der Waals surface area contributed by atoms with Gasteiger partial charge in [0.1, 0.15) is 0 Å². The number of nitrogens with zero attached hydrogens (tertiary/aromatic N) is 1. The van der Waals surface area contributed by atoms with Crippen LogP contribution < -0.4 is 5.32 Å². The number of carbonyl (C=O) groups excluding carboxylic acids is 1. The Morgan fingerprint density at radius 3 is 2.68 bits per heavy atom. The summed E-state index contributed by atoms with van der Waals surface area (Å²) in [5, 5.41) is 12.1. The summed E-state index contributed by atoms with van der Waals surface area (Å²) in [6, 6.07) is 0.0531. The average Bonchev–Trinajstić information content (AvgIpc) is 2.85. The molecule has 0 aliphatic carbocycles. The molecule has 0 aromatic rings. The van der Waals surface area contributed by atoms with Crippen LogP contribution in [0.15, 0.2) is 0 Å². The van der Waals surface area contributed by atoms with Crippen LogP contribution in [0.5, 0.6) is 0 Å². The molecule has 0 saturated carbocycles. The number of piperidine rings is 1. The number of aliphatic carboxylic acids is 1. The first-order valence-corrected chi connectivity index (χ1v) is 6.83. The van der Waals surface area contributed by atoms with Gasteiger partial charge < -0.3 is 20.1 Å². The molecule has 0 radical (unpaired) electrons. The average molecular weight is 270 g/mol. The van der Waals surface area contributed by atoms with Crippen molar-refractivity contribution < 1.29 is 19.4 Å². The summed E-state index contributed by atoms with van der Waals surface area (Å²) >= 11 is 0. The molecule has 2 rings (SSSR count). The van der Waals surface area contributed by atoms with Gasteiger partial charge in [-0.25, -0.2) is 0 Å². The Morgan fingerprint density at radius 2 is 2.11 bits per heavy atom. The van der Waals surface area contributed by atoms with Crippen LogP contribution in [0.3, 0.4) is 0 Å². The third-order valence-electron chi connectivity index (χ3n) is 4.28. The number of carboxylic acids is 1. The van der Waals surface area contributed by atoms with Crippen molar-refractivity contribution in [2.45, 2.75) is 31.8 Å². The minimum absolute atomic E-state index is 0.0135. The van der Waals surface area contributed by atoms with E-state index in [0.717, 1.165) is 0 Å². The Morgan fingerprint density at radius 1 is 1.37 bits per heavy atom. The maximum atomic E-state index is 12.5. The zero-order chi connectivity index (χ0) is 14.0. The van der Waals surface area contributed by atoms with Gasteiger partial charge in [0.15, 0.2) is 0 Å². The number of rotatable bonds is 3. The first-order chi connectivity index (χ1) is 9.04. The van der Waals surface area contributed by atoms with Crippen LogP contribution in [0.2, 0.25) is 0 Å². The molecule has 0 aromatic carbocycles. The molecule has 0 aromatic heterocycles. The van der Waals surface area contributed by atoms with Crippen LogP contribution in [-0.4, -0.2) is 60.8 Å². The minimum Gasteiger partial charge on any atom is -0.481 e. The van der Waals surface area contributed by atoms with Crippen molar-refractivity contribution in [3.8, 4) is 0 Å². The van der Waals surface area contributed by atoms with Crippen molar-refractivity contribution in [3.05, 3.63) is 0 Å². The highest BCUT2D eigenvalue weighted by Gasteiger charge is 2.39. The van der Waals surface area contributed by atoms with Crippen LogP contribution in [0.4, 0.5) is 0 Å². The molecule has 6 heteroatoms. The number of hydrogen-bond donors (Lipinski definition) is 2. The summed E-state index contributed by atoms with van der Waals surface area (Å²) in [7, 11) is 1.83. The fraction of sp³-hybridized carbons (Fsp3) is 0.846. The second-order valence-electron chi connectivity index (χ2n) is 5.48. The summed E-state index contributed by atoms with van der Waals surface area (Å²) in [6.07, 6.45) is 1.09.